The average molecular weight is 362 g/mol. The van der Waals surface area contributed by atoms with Crippen LogP contribution in [0.1, 0.15) is 42.5 Å². The Labute approximate surface area is 153 Å². The van der Waals surface area contributed by atoms with Crippen LogP contribution in [0, 0.1) is 13.8 Å². The SMILES string of the molecule is Cc1nn(-c2ccc(C(=O)N3CC(C)OCC3(C)C)cc2)c(C)c1Cl. The average Bonchev–Trinajstić information content (AvgIpc) is 2.84. The Bertz CT molecular complexity index is 796. The molecule has 2 heterocycles. The van der Waals surface area contributed by atoms with Gasteiger partial charge in [0.05, 0.1) is 40.3 Å². The maximum absolute atomic E-state index is 13.0. The Hall–Kier alpha value is -1.85. The molecule has 0 spiro atoms. The van der Waals surface area contributed by atoms with Crippen molar-refractivity contribution in [3.05, 3.63) is 46.2 Å². The Morgan fingerprint density at radius 1 is 1.28 bits per heavy atom. The fourth-order valence-electron chi connectivity index (χ4n) is 3.11. The van der Waals surface area contributed by atoms with Crippen molar-refractivity contribution < 1.29 is 9.53 Å². The van der Waals surface area contributed by atoms with Crippen molar-refractivity contribution in [1.82, 2.24) is 14.7 Å². The monoisotopic (exact) mass is 361 g/mol. The van der Waals surface area contributed by atoms with Crippen LogP contribution < -0.4 is 0 Å². The minimum Gasteiger partial charge on any atom is -0.374 e. The first kappa shape index (κ1) is 18.0. The lowest BCUT2D eigenvalue weighted by Gasteiger charge is -2.44. The molecular formula is C19H24ClN3O2. The maximum Gasteiger partial charge on any atom is 0.254 e. The van der Waals surface area contributed by atoms with Gasteiger partial charge >= 0.3 is 0 Å². The molecular weight excluding hydrogens is 338 g/mol. The summed E-state index contributed by atoms with van der Waals surface area (Å²) in [5, 5.41) is 5.12. The van der Waals surface area contributed by atoms with E-state index in [-0.39, 0.29) is 17.6 Å². The van der Waals surface area contributed by atoms with E-state index in [9.17, 15) is 4.79 Å². The van der Waals surface area contributed by atoms with Gasteiger partial charge in [0, 0.05) is 12.1 Å². The molecule has 0 bridgehead atoms. The number of carbonyl (C=O) groups is 1. The lowest BCUT2D eigenvalue weighted by Crippen LogP contribution is -2.57. The minimum absolute atomic E-state index is 0.0260. The smallest absolute Gasteiger partial charge is 0.254 e. The highest BCUT2D eigenvalue weighted by Crippen LogP contribution is 2.26. The van der Waals surface area contributed by atoms with Crippen molar-refractivity contribution in [3.8, 4) is 5.69 Å². The fraction of sp³-hybridized carbons (Fsp3) is 0.474. The van der Waals surface area contributed by atoms with Gasteiger partial charge in [-0.1, -0.05) is 11.6 Å². The molecule has 3 rings (SSSR count). The number of halogens is 1. The number of ether oxygens (including phenoxy) is 1. The summed E-state index contributed by atoms with van der Waals surface area (Å²) in [7, 11) is 0. The quantitative estimate of drug-likeness (QED) is 0.817. The maximum atomic E-state index is 13.0. The number of benzene rings is 1. The number of rotatable bonds is 2. The van der Waals surface area contributed by atoms with E-state index in [2.05, 4.69) is 5.10 Å². The molecule has 1 fully saturated rings. The van der Waals surface area contributed by atoms with Crippen LogP contribution in [0.4, 0.5) is 0 Å². The van der Waals surface area contributed by atoms with Crippen molar-refractivity contribution in [2.45, 2.75) is 46.3 Å². The van der Waals surface area contributed by atoms with E-state index in [0.29, 0.717) is 23.7 Å². The van der Waals surface area contributed by atoms with Gasteiger partial charge in [0.25, 0.3) is 5.91 Å². The number of aromatic nitrogens is 2. The molecule has 25 heavy (non-hydrogen) atoms. The topological polar surface area (TPSA) is 47.4 Å². The van der Waals surface area contributed by atoms with E-state index in [0.717, 1.165) is 17.1 Å². The van der Waals surface area contributed by atoms with Crippen molar-refractivity contribution >= 4 is 17.5 Å². The summed E-state index contributed by atoms with van der Waals surface area (Å²) in [5.74, 6) is 0.0260. The molecule has 1 aromatic carbocycles. The molecule has 0 aliphatic carbocycles. The number of carbonyl (C=O) groups excluding carboxylic acids is 1. The summed E-state index contributed by atoms with van der Waals surface area (Å²) >= 11 is 6.22. The van der Waals surface area contributed by atoms with Gasteiger partial charge in [0.15, 0.2) is 0 Å². The predicted molar refractivity (Wildman–Crippen MR) is 98.6 cm³/mol. The molecule has 6 heteroatoms. The van der Waals surface area contributed by atoms with Crippen LogP contribution in [0.5, 0.6) is 0 Å². The molecule has 1 unspecified atom stereocenters. The molecule has 0 N–H and O–H groups in total. The zero-order valence-electron chi connectivity index (χ0n) is 15.3. The number of amides is 1. The second kappa shape index (κ2) is 6.46. The summed E-state index contributed by atoms with van der Waals surface area (Å²) < 4.78 is 7.49. The first-order chi connectivity index (χ1) is 11.7. The molecule has 0 radical (unpaired) electrons. The standard InChI is InChI=1S/C19H24ClN3O2/c1-12-10-22(19(4,5)11-25-12)18(24)15-6-8-16(9-7-15)23-14(3)17(20)13(2)21-23/h6-9,12H,10-11H2,1-5H3. The largest absolute Gasteiger partial charge is 0.374 e. The molecule has 1 aliphatic rings. The zero-order valence-corrected chi connectivity index (χ0v) is 16.1. The van der Waals surface area contributed by atoms with Crippen LogP contribution in [-0.4, -0.2) is 45.4 Å². The predicted octanol–water partition coefficient (Wildman–Crippen LogP) is 3.78. The van der Waals surface area contributed by atoms with Crippen LogP contribution in [0.2, 0.25) is 5.02 Å². The lowest BCUT2D eigenvalue weighted by molar-refractivity contribution is -0.0755. The summed E-state index contributed by atoms with van der Waals surface area (Å²) in [6.07, 6.45) is 0.0492. The second-order valence-corrected chi connectivity index (χ2v) is 7.67. The molecule has 5 nitrogen and oxygen atoms in total. The van der Waals surface area contributed by atoms with E-state index in [4.69, 9.17) is 16.3 Å². The Morgan fingerprint density at radius 3 is 2.48 bits per heavy atom. The number of morpholine rings is 1. The highest BCUT2D eigenvalue weighted by Gasteiger charge is 2.37. The summed E-state index contributed by atoms with van der Waals surface area (Å²) in [6.45, 7) is 11.0. The molecule has 1 atom stereocenters. The Kier molecular flexibility index (Phi) is 4.64. The van der Waals surface area contributed by atoms with Gasteiger partial charge in [0.1, 0.15) is 0 Å². The number of hydrogen-bond acceptors (Lipinski definition) is 3. The van der Waals surface area contributed by atoms with E-state index in [1.54, 1.807) is 4.68 Å². The molecule has 0 saturated carbocycles. The first-order valence-corrected chi connectivity index (χ1v) is 8.84. The Balaban J connectivity index is 1.87. The van der Waals surface area contributed by atoms with Gasteiger partial charge in [-0.05, 0) is 58.9 Å². The third kappa shape index (κ3) is 3.31. The number of nitrogens with zero attached hydrogens (tertiary/aromatic N) is 3. The van der Waals surface area contributed by atoms with Gasteiger partial charge < -0.3 is 9.64 Å². The second-order valence-electron chi connectivity index (χ2n) is 7.29. The highest BCUT2D eigenvalue weighted by atomic mass is 35.5. The van der Waals surface area contributed by atoms with Gasteiger partial charge in [-0.25, -0.2) is 4.68 Å². The number of aryl methyl sites for hydroxylation is 1. The van der Waals surface area contributed by atoms with Crippen LogP contribution in [0.15, 0.2) is 24.3 Å². The highest BCUT2D eigenvalue weighted by molar-refractivity contribution is 6.31. The molecule has 2 aromatic rings. The van der Waals surface area contributed by atoms with Gasteiger partial charge in [-0.3, -0.25) is 4.79 Å². The lowest BCUT2D eigenvalue weighted by atomic mass is 9.99. The molecule has 1 saturated heterocycles. The molecule has 1 amide bonds. The van der Waals surface area contributed by atoms with Crippen molar-refractivity contribution in [2.75, 3.05) is 13.2 Å². The molecule has 1 aromatic heterocycles. The van der Waals surface area contributed by atoms with Crippen LogP contribution >= 0.6 is 11.6 Å². The summed E-state index contributed by atoms with van der Waals surface area (Å²) in [6, 6.07) is 7.50. The van der Waals surface area contributed by atoms with E-state index in [1.165, 1.54) is 0 Å². The third-order valence-corrected chi connectivity index (χ3v) is 5.25. The zero-order chi connectivity index (χ0) is 18.4. The van der Waals surface area contributed by atoms with Crippen LogP contribution in [0.25, 0.3) is 5.69 Å². The van der Waals surface area contributed by atoms with E-state index in [1.807, 2.05) is 63.8 Å². The molecule has 134 valence electrons. The minimum atomic E-state index is -0.314. The van der Waals surface area contributed by atoms with Crippen molar-refractivity contribution in [1.29, 1.82) is 0 Å². The van der Waals surface area contributed by atoms with Crippen molar-refractivity contribution in [3.63, 3.8) is 0 Å². The van der Waals surface area contributed by atoms with Crippen molar-refractivity contribution in [2.24, 2.45) is 0 Å². The Morgan fingerprint density at radius 2 is 1.92 bits per heavy atom. The van der Waals surface area contributed by atoms with Gasteiger partial charge in [-0.15, -0.1) is 0 Å². The number of hydrogen-bond donors (Lipinski definition) is 0. The summed E-state index contributed by atoms with van der Waals surface area (Å²) in [5.41, 5.74) is 2.92. The van der Waals surface area contributed by atoms with E-state index < -0.39 is 0 Å². The third-order valence-electron chi connectivity index (χ3n) is 4.70. The van der Waals surface area contributed by atoms with Gasteiger partial charge in [0.2, 0.25) is 0 Å². The normalized spacial score (nSPS) is 19.9. The summed E-state index contributed by atoms with van der Waals surface area (Å²) in [4.78, 5) is 14.9. The van der Waals surface area contributed by atoms with E-state index >= 15 is 0 Å². The molecule has 1 aliphatic heterocycles. The fourth-order valence-corrected chi connectivity index (χ4v) is 3.23. The van der Waals surface area contributed by atoms with Gasteiger partial charge in [-0.2, -0.15) is 5.10 Å². The van der Waals surface area contributed by atoms with Crippen LogP contribution in [0.3, 0.4) is 0 Å². The van der Waals surface area contributed by atoms with Crippen LogP contribution in [-0.2, 0) is 4.74 Å². The first-order valence-electron chi connectivity index (χ1n) is 8.46.